The molecule has 2 rings (SSSR count). The lowest BCUT2D eigenvalue weighted by molar-refractivity contribution is -0.139. The van der Waals surface area contributed by atoms with Crippen LogP contribution in [0.3, 0.4) is 0 Å². The molecule has 1 fully saturated rings. The number of aliphatic hydroxyl groups is 1. The molecular formula is C15H22N4O5. The normalized spacial score (nSPS) is 20.9. The molecule has 0 aliphatic carbocycles. The van der Waals surface area contributed by atoms with E-state index in [-0.39, 0.29) is 30.4 Å². The van der Waals surface area contributed by atoms with Crippen LogP contribution in [0, 0.1) is 5.92 Å². The van der Waals surface area contributed by atoms with Crippen LogP contribution in [0.5, 0.6) is 0 Å². The van der Waals surface area contributed by atoms with E-state index < -0.39 is 29.2 Å². The Labute approximate surface area is 138 Å². The summed E-state index contributed by atoms with van der Waals surface area (Å²) in [5.41, 5.74) is -0.980. The summed E-state index contributed by atoms with van der Waals surface area (Å²) >= 11 is 0. The molecule has 0 aromatic carbocycles. The summed E-state index contributed by atoms with van der Waals surface area (Å²) in [6.45, 7) is 4.11. The van der Waals surface area contributed by atoms with Gasteiger partial charge in [0.25, 0.3) is 11.1 Å². The molecule has 132 valence electrons. The van der Waals surface area contributed by atoms with Crippen molar-refractivity contribution >= 4 is 11.8 Å². The van der Waals surface area contributed by atoms with Crippen LogP contribution < -0.4 is 16.4 Å². The fourth-order valence-corrected chi connectivity index (χ4v) is 2.76. The van der Waals surface area contributed by atoms with Crippen LogP contribution in [0.4, 0.5) is 0 Å². The molecule has 2 heterocycles. The minimum Gasteiger partial charge on any atom is -0.391 e. The van der Waals surface area contributed by atoms with Gasteiger partial charge in [0.2, 0.25) is 11.8 Å². The Hall–Kier alpha value is -2.42. The Balaban J connectivity index is 2.00. The fraction of sp³-hybridized carbons (Fsp3) is 0.600. The zero-order chi connectivity index (χ0) is 17.9. The van der Waals surface area contributed by atoms with E-state index in [0.717, 1.165) is 6.07 Å². The Kier molecular flexibility index (Phi) is 5.55. The lowest BCUT2D eigenvalue weighted by Gasteiger charge is -2.36. The number of rotatable bonds is 4. The van der Waals surface area contributed by atoms with E-state index in [9.17, 15) is 24.3 Å². The Morgan fingerprint density at radius 1 is 1.33 bits per heavy atom. The Bertz CT molecular complexity index is 723. The maximum Gasteiger partial charge on any atom is 0.266 e. The molecule has 9 nitrogen and oxygen atoms in total. The van der Waals surface area contributed by atoms with Gasteiger partial charge >= 0.3 is 0 Å². The van der Waals surface area contributed by atoms with Gasteiger partial charge in [-0.1, -0.05) is 13.8 Å². The third-order valence-corrected chi connectivity index (χ3v) is 3.85. The highest BCUT2D eigenvalue weighted by atomic mass is 16.3. The van der Waals surface area contributed by atoms with Crippen molar-refractivity contribution in [3.05, 3.63) is 32.3 Å². The van der Waals surface area contributed by atoms with Gasteiger partial charge in [-0.25, -0.2) is 0 Å². The first-order valence-corrected chi connectivity index (χ1v) is 7.83. The third kappa shape index (κ3) is 4.54. The minimum absolute atomic E-state index is 0.0581. The van der Waals surface area contributed by atoms with Crippen molar-refractivity contribution in [2.45, 2.75) is 38.8 Å². The number of hydrogen-bond donors (Lipinski definition) is 4. The largest absolute Gasteiger partial charge is 0.391 e. The number of nitrogens with one attached hydrogen (secondary N) is 3. The van der Waals surface area contributed by atoms with Crippen molar-refractivity contribution in [1.29, 1.82) is 0 Å². The van der Waals surface area contributed by atoms with Gasteiger partial charge in [-0.2, -0.15) is 0 Å². The molecule has 0 spiro atoms. The molecule has 0 bridgehead atoms. The van der Waals surface area contributed by atoms with Gasteiger partial charge in [0.05, 0.1) is 12.5 Å². The van der Waals surface area contributed by atoms with Crippen LogP contribution >= 0.6 is 0 Å². The third-order valence-electron chi connectivity index (χ3n) is 3.85. The van der Waals surface area contributed by atoms with Crippen molar-refractivity contribution in [3.8, 4) is 0 Å². The number of hydrogen-bond acceptors (Lipinski definition) is 5. The van der Waals surface area contributed by atoms with Gasteiger partial charge in [0.15, 0.2) is 0 Å². The van der Waals surface area contributed by atoms with E-state index in [0.29, 0.717) is 13.0 Å². The lowest BCUT2D eigenvalue weighted by Crippen LogP contribution is -2.55. The molecule has 2 atom stereocenters. The van der Waals surface area contributed by atoms with Crippen molar-refractivity contribution in [2.24, 2.45) is 5.92 Å². The summed E-state index contributed by atoms with van der Waals surface area (Å²) in [7, 11) is 0. The lowest BCUT2D eigenvalue weighted by atomic mass is 10.0. The standard InChI is InChI=1S/C15H22N4O5/c1-8(2)15(24)19-6-10(5-11(20)7-19)16-12(21)3-9-4-13(22)17-18-14(9)23/h4,8,10-11,20H,3,5-7H2,1-2H3,(H,16,21)(H,17,22)(H,18,23)/t10-,11+/m0/s1. The van der Waals surface area contributed by atoms with Crippen LogP contribution in [0.25, 0.3) is 0 Å². The molecule has 9 heteroatoms. The molecule has 1 aliphatic heterocycles. The highest BCUT2D eigenvalue weighted by Gasteiger charge is 2.30. The molecule has 0 saturated carbocycles. The van der Waals surface area contributed by atoms with Crippen LogP contribution in [-0.4, -0.2) is 57.3 Å². The summed E-state index contributed by atoms with van der Waals surface area (Å²) in [6.07, 6.45) is -0.627. The summed E-state index contributed by atoms with van der Waals surface area (Å²) in [5.74, 6) is -0.720. The van der Waals surface area contributed by atoms with Gasteiger partial charge in [-0.05, 0) is 6.42 Å². The number of carbonyl (C=O) groups excluding carboxylic acids is 2. The number of aliphatic hydroxyl groups excluding tert-OH is 1. The van der Waals surface area contributed by atoms with Crippen LogP contribution in [0.15, 0.2) is 15.7 Å². The molecule has 1 saturated heterocycles. The topological polar surface area (TPSA) is 135 Å². The number of H-pyrrole nitrogens is 2. The zero-order valence-electron chi connectivity index (χ0n) is 13.7. The fourth-order valence-electron chi connectivity index (χ4n) is 2.76. The van der Waals surface area contributed by atoms with Gasteiger partial charge < -0.3 is 15.3 Å². The Morgan fingerprint density at radius 2 is 2.04 bits per heavy atom. The quantitative estimate of drug-likeness (QED) is 0.521. The first-order valence-electron chi connectivity index (χ1n) is 7.83. The van der Waals surface area contributed by atoms with Crippen LogP contribution in [-0.2, 0) is 16.0 Å². The first-order chi connectivity index (χ1) is 11.3. The summed E-state index contributed by atoms with van der Waals surface area (Å²) in [4.78, 5) is 48.5. The second kappa shape index (κ2) is 7.43. The predicted molar refractivity (Wildman–Crippen MR) is 85.4 cm³/mol. The van der Waals surface area contributed by atoms with Gasteiger partial charge in [-0.15, -0.1) is 0 Å². The number of aromatic amines is 2. The monoisotopic (exact) mass is 338 g/mol. The average molecular weight is 338 g/mol. The van der Waals surface area contributed by atoms with E-state index in [1.54, 1.807) is 13.8 Å². The molecule has 0 unspecified atom stereocenters. The molecule has 2 amide bonds. The first kappa shape index (κ1) is 17.9. The van der Waals surface area contributed by atoms with Crippen LogP contribution in [0.1, 0.15) is 25.8 Å². The van der Waals surface area contributed by atoms with Gasteiger partial charge in [0, 0.05) is 36.7 Å². The maximum atomic E-state index is 12.1. The second-order valence-corrected chi connectivity index (χ2v) is 6.34. The van der Waals surface area contributed by atoms with Gasteiger partial charge in [-0.3, -0.25) is 29.4 Å². The molecule has 1 aromatic rings. The van der Waals surface area contributed by atoms with E-state index in [2.05, 4.69) is 15.5 Å². The number of carbonyl (C=O) groups is 2. The number of β-amino-alcohol motifs (C(OH)–C–C–N with tert-alkyl or cyclic N) is 1. The van der Waals surface area contributed by atoms with Crippen molar-refractivity contribution in [2.75, 3.05) is 13.1 Å². The zero-order valence-corrected chi connectivity index (χ0v) is 13.7. The number of nitrogens with zero attached hydrogens (tertiary/aromatic N) is 1. The predicted octanol–water partition coefficient (Wildman–Crippen LogP) is -1.66. The van der Waals surface area contributed by atoms with Crippen molar-refractivity contribution in [1.82, 2.24) is 20.4 Å². The number of aromatic nitrogens is 2. The summed E-state index contributed by atoms with van der Waals surface area (Å²) in [6, 6.07) is 0.674. The highest BCUT2D eigenvalue weighted by Crippen LogP contribution is 2.14. The molecular weight excluding hydrogens is 316 g/mol. The maximum absolute atomic E-state index is 12.1. The number of likely N-dealkylation sites (tertiary alicyclic amines) is 1. The van der Waals surface area contributed by atoms with Crippen molar-refractivity contribution < 1.29 is 14.7 Å². The minimum atomic E-state index is -0.713. The van der Waals surface area contributed by atoms with E-state index in [4.69, 9.17) is 0 Å². The average Bonchev–Trinajstić information content (AvgIpc) is 2.49. The SMILES string of the molecule is CC(C)C(=O)N1C[C@H](O)C[C@H](NC(=O)Cc2cc(=O)[nH][nH]c2=O)C1. The Morgan fingerprint density at radius 3 is 2.71 bits per heavy atom. The summed E-state index contributed by atoms with van der Waals surface area (Å²) in [5, 5.41) is 16.9. The molecule has 1 aliphatic rings. The molecule has 1 aromatic heterocycles. The second-order valence-electron chi connectivity index (χ2n) is 6.34. The molecule has 24 heavy (non-hydrogen) atoms. The number of piperidine rings is 1. The van der Waals surface area contributed by atoms with E-state index in [1.807, 2.05) is 0 Å². The van der Waals surface area contributed by atoms with Gasteiger partial charge in [0.1, 0.15) is 0 Å². The summed E-state index contributed by atoms with van der Waals surface area (Å²) < 4.78 is 0. The van der Waals surface area contributed by atoms with E-state index in [1.165, 1.54) is 4.90 Å². The van der Waals surface area contributed by atoms with Crippen molar-refractivity contribution in [3.63, 3.8) is 0 Å². The molecule has 0 radical (unpaired) electrons. The highest BCUT2D eigenvalue weighted by molar-refractivity contribution is 5.80. The van der Waals surface area contributed by atoms with Crippen LogP contribution in [0.2, 0.25) is 0 Å². The molecule has 4 N–H and O–H groups in total. The smallest absolute Gasteiger partial charge is 0.266 e. The van der Waals surface area contributed by atoms with E-state index >= 15 is 0 Å². The number of amides is 2.